The Labute approximate surface area is 163 Å². The highest BCUT2D eigenvalue weighted by atomic mass is 16.5. The van der Waals surface area contributed by atoms with Gasteiger partial charge in [-0.1, -0.05) is 70.7 Å². The molecule has 3 heteroatoms. The summed E-state index contributed by atoms with van der Waals surface area (Å²) in [5.41, 5.74) is 3.22. The van der Waals surface area contributed by atoms with Crippen molar-refractivity contribution in [3.63, 3.8) is 0 Å². The largest absolute Gasteiger partial charge is 0.494 e. The summed E-state index contributed by atoms with van der Waals surface area (Å²) in [6, 6.07) is 13.5. The Bertz CT molecular complexity index is 719. The van der Waals surface area contributed by atoms with Crippen LogP contribution in [0.1, 0.15) is 68.8 Å². The van der Waals surface area contributed by atoms with Crippen LogP contribution in [0.2, 0.25) is 0 Å². The molecule has 2 aromatic carbocycles. The van der Waals surface area contributed by atoms with Gasteiger partial charge < -0.3 is 9.84 Å². The molecule has 0 saturated heterocycles. The molecule has 2 aromatic rings. The summed E-state index contributed by atoms with van der Waals surface area (Å²) >= 11 is 0. The van der Waals surface area contributed by atoms with E-state index in [9.17, 15) is 9.90 Å². The van der Waals surface area contributed by atoms with Crippen molar-refractivity contribution < 1.29 is 14.6 Å². The van der Waals surface area contributed by atoms with E-state index in [2.05, 4.69) is 32.9 Å². The predicted molar refractivity (Wildman–Crippen MR) is 112 cm³/mol. The van der Waals surface area contributed by atoms with Crippen LogP contribution in [0.15, 0.2) is 42.5 Å². The fourth-order valence-corrected chi connectivity index (χ4v) is 3.12. The summed E-state index contributed by atoms with van der Waals surface area (Å²) in [5.74, 6) is 0.466. The molecule has 3 nitrogen and oxygen atoms in total. The Morgan fingerprint density at radius 2 is 1.78 bits per heavy atom. The van der Waals surface area contributed by atoms with Crippen LogP contribution >= 0.6 is 0 Å². The van der Waals surface area contributed by atoms with Crippen molar-refractivity contribution in [2.75, 3.05) is 6.61 Å². The lowest BCUT2D eigenvalue weighted by atomic mass is 9.95. The number of carbonyl (C=O) groups is 1. The monoisotopic (exact) mass is 368 g/mol. The molecule has 0 bridgehead atoms. The summed E-state index contributed by atoms with van der Waals surface area (Å²) < 4.78 is 5.85. The molecular formula is C24H32O3. The van der Waals surface area contributed by atoms with E-state index in [-0.39, 0.29) is 0 Å². The number of benzene rings is 2. The molecule has 0 radical (unpaired) electrons. The van der Waals surface area contributed by atoms with Crippen LogP contribution in [0.4, 0.5) is 0 Å². The maximum atomic E-state index is 11.6. The zero-order chi connectivity index (χ0) is 19.6. The lowest BCUT2D eigenvalue weighted by Gasteiger charge is -2.12. The maximum absolute atomic E-state index is 11.6. The topological polar surface area (TPSA) is 46.5 Å². The molecule has 0 saturated carbocycles. The van der Waals surface area contributed by atoms with Crippen LogP contribution in [0.25, 0.3) is 11.1 Å². The van der Waals surface area contributed by atoms with Gasteiger partial charge in [-0.2, -0.15) is 0 Å². The summed E-state index contributed by atoms with van der Waals surface area (Å²) in [6.07, 6.45) is 6.80. The van der Waals surface area contributed by atoms with Gasteiger partial charge in [0.15, 0.2) is 0 Å². The number of carboxylic acids is 1. The predicted octanol–water partition coefficient (Wildman–Crippen LogP) is 6.60. The highest BCUT2D eigenvalue weighted by Gasteiger charge is 2.13. The Hall–Kier alpha value is -2.29. The number of rotatable bonds is 11. The fraction of sp³-hybridized carbons (Fsp3) is 0.458. The second kappa shape index (κ2) is 10.8. The Balaban J connectivity index is 2.17. The molecule has 27 heavy (non-hydrogen) atoms. The Morgan fingerprint density at radius 1 is 1.04 bits per heavy atom. The summed E-state index contributed by atoms with van der Waals surface area (Å²) in [4.78, 5) is 11.6. The first-order chi connectivity index (χ1) is 13.0. The first-order valence-corrected chi connectivity index (χ1v) is 10.1. The lowest BCUT2D eigenvalue weighted by Crippen LogP contribution is -2.02. The van der Waals surface area contributed by atoms with Crippen LogP contribution in [-0.2, 0) is 6.42 Å². The molecule has 1 unspecified atom stereocenters. The van der Waals surface area contributed by atoms with Crippen LogP contribution < -0.4 is 4.74 Å². The van der Waals surface area contributed by atoms with Crippen LogP contribution in [0.3, 0.4) is 0 Å². The van der Waals surface area contributed by atoms with Gasteiger partial charge in [-0.3, -0.25) is 0 Å². The molecule has 0 heterocycles. The molecule has 0 aliphatic carbocycles. The zero-order valence-electron chi connectivity index (χ0n) is 16.8. The third-order valence-corrected chi connectivity index (χ3v) is 5.03. The van der Waals surface area contributed by atoms with Crippen molar-refractivity contribution in [1.82, 2.24) is 0 Å². The average molecular weight is 369 g/mol. The Morgan fingerprint density at radius 3 is 2.41 bits per heavy atom. The number of hydrogen-bond donors (Lipinski definition) is 1. The summed E-state index contributed by atoms with van der Waals surface area (Å²) in [5, 5.41) is 9.56. The van der Waals surface area contributed by atoms with Crippen molar-refractivity contribution >= 4 is 5.97 Å². The van der Waals surface area contributed by atoms with Crippen molar-refractivity contribution in [2.24, 2.45) is 5.92 Å². The van der Waals surface area contributed by atoms with E-state index in [0.717, 1.165) is 37.0 Å². The molecule has 0 fully saturated rings. The van der Waals surface area contributed by atoms with Gasteiger partial charge in [-0.25, -0.2) is 4.79 Å². The molecule has 146 valence electrons. The van der Waals surface area contributed by atoms with Gasteiger partial charge in [0.25, 0.3) is 0 Å². The van der Waals surface area contributed by atoms with Crippen molar-refractivity contribution in [2.45, 2.75) is 59.3 Å². The van der Waals surface area contributed by atoms with E-state index in [1.807, 2.05) is 18.2 Å². The molecule has 0 spiro atoms. The average Bonchev–Trinajstić information content (AvgIpc) is 2.68. The molecule has 0 amide bonds. The van der Waals surface area contributed by atoms with Gasteiger partial charge in [-0.15, -0.1) is 0 Å². The Kier molecular flexibility index (Phi) is 8.38. The molecule has 0 aliphatic rings. The van der Waals surface area contributed by atoms with Gasteiger partial charge in [-0.05, 0) is 53.6 Å². The van der Waals surface area contributed by atoms with Crippen molar-refractivity contribution in [1.29, 1.82) is 0 Å². The number of hydrogen-bond acceptors (Lipinski definition) is 2. The van der Waals surface area contributed by atoms with Gasteiger partial charge in [0, 0.05) is 0 Å². The van der Waals surface area contributed by atoms with Crippen molar-refractivity contribution in [3.05, 3.63) is 53.6 Å². The molecule has 2 rings (SSSR count). The number of ether oxygens (including phenoxy) is 1. The molecule has 0 aromatic heterocycles. The standard InChI is InChI=1S/C24H32O3/c1-4-6-7-8-15-27-21-13-14-22(24(25)26)23(17-21)20-11-9-19(10-12-20)16-18(3)5-2/h9-14,17-18H,4-8,15-16H2,1-3H3,(H,25,26). The van der Waals surface area contributed by atoms with E-state index >= 15 is 0 Å². The van der Waals surface area contributed by atoms with E-state index in [4.69, 9.17) is 4.74 Å². The highest BCUT2D eigenvalue weighted by Crippen LogP contribution is 2.29. The third-order valence-electron chi connectivity index (χ3n) is 5.03. The molecule has 1 N–H and O–H groups in total. The van der Waals surface area contributed by atoms with Gasteiger partial charge in [0.2, 0.25) is 0 Å². The fourth-order valence-electron chi connectivity index (χ4n) is 3.12. The first-order valence-electron chi connectivity index (χ1n) is 10.1. The second-order valence-electron chi connectivity index (χ2n) is 7.34. The minimum Gasteiger partial charge on any atom is -0.494 e. The third kappa shape index (κ3) is 6.42. The molecular weight excluding hydrogens is 336 g/mol. The van der Waals surface area contributed by atoms with Gasteiger partial charge >= 0.3 is 5.97 Å². The quantitative estimate of drug-likeness (QED) is 0.455. The van der Waals surface area contributed by atoms with Crippen LogP contribution in [-0.4, -0.2) is 17.7 Å². The zero-order valence-corrected chi connectivity index (χ0v) is 16.8. The number of unbranched alkanes of at least 4 members (excludes halogenated alkanes) is 3. The van der Waals surface area contributed by atoms with E-state index < -0.39 is 5.97 Å². The maximum Gasteiger partial charge on any atom is 0.336 e. The van der Waals surface area contributed by atoms with Gasteiger partial charge in [0.1, 0.15) is 5.75 Å². The van der Waals surface area contributed by atoms with Crippen molar-refractivity contribution in [3.8, 4) is 16.9 Å². The van der Waals surface area contributed by atoms with Crippen LogP contribution in [0, 0.1) is 5.92 Å². The van der Waals surface area contributed by atoms with E-state index in [0.29, 0.717) is 23.7 Å². The van der Waals surface area contributed by atoms with Gasteiger partial charge in [0.05, 0.1) is 12.2 Å². The van der Waals surface area contributed by atoms with Crippen LogP contribution in [0.5, 0.6) is 5.75 Å². The van der Waals surface area contributed by atoms with E-state index in [1.54, 1.807) is 12.1 Å². The summed E-state index contributed by atoms with van der Waals surface area (Å²) in [7, 11) is 0. The summed E-state index contributed by atoms with van der Waals surface area (Å²) in [6.45, 7) is 7.30. The second-order valence-corrected chi connectivity index (χ2v) is 7.34. The SMILES string of the molecule is CCCCCCOc1ccc(C(=O)O)c(-c2ccc(CC(C)CC)cc2)c1. The number of carboxylic acid groups (broad SMARTS) is 1. The lowest BCUT2D eigenvalue weighted by molar-refractivity contribution is 0.0697. The number of aromatic carboxylic acids is 1. The molecule has 0 aliphatic heterocycles. The normalized spacial score (nSPS) is 12.0. The first kappa shape index (κ1) is 21.0. The molecule has 1 atom stereocenters. The smallest absolute Gasteiger partial charge is 0.336 e. The van der Waals surface area contributed by atoms with E-state index in [1.165, 1.54) is 18.4 Å². The minimum absolute atomic E-state index is 0.308. The minimum atomic E-state index is -0.914. The highest BCUT2D eigenvalue weighted by molar-refractivity contribution is 5.96.